The zero-order chi connectivity index (χ0) is 25.3. The highest BCUT2D eigenvalue weighted by Crippen LogP contribution is 2.45. The molecule has 4 heterocycles. The van der Waals surface area contributed by atoms with Gasteiger partial charge in [-0.05, 0) is 56.2 Å². The van der Waals surface area contributed by atoms with Crippen molar-refractivity contribution in [1.29, 1.82) is 0 Å². The first-order valence-corrected chi connectivity index (χ1v) is 12.8. The van der Waals surface area contributed by atoms with Crippen LogP contribution in [0.3, 0.4) is 0 Å². The Morgan fingerprint density at radius 3 is 2.62 bits per heavy atom. The summed E-state index contributed by atoms with van der Waals surface area (Å²) in [6.07, 6.45) is 8.00. The third kappa shape index (κ3) is 3.59. The molecule has 2 aromatic heterocycles. The summed E-state index contributed by atoms with van der Waals surface area (Å²) < 4.78 is 2.07. The zero-order valence-electron chi connectivity index (χ0n) is 20.0. The van der Waals surface area contributed by atoms with Crippen LogP contribution in [0.25, 0.3) is 11.0 Å². The van der Waals surface area contributed by atoms with Gasteiger partial charge < -0.3 is 5.32 Å². The highest BCUT2D eigenvalue weighted by atomic mass is 16.2. The molecule has 2 aliphatic heterocycles. The highest BCUT2D eigenvalue weighted by molar-refractivity contribution is 6.23. The topological polar surface area (TPSA) is 139 Å². The molecule has 37 heavy (non-hydrogen) atoms. The van der Waals surface area contributed by atoms with E-state index in [0.717, 1.165) is 46.7 Å². The average Bonchev–Trinajstić information content (AvgIpc) is 3.60. The maximum absolute atomic E-state index is 13.0. The van der Waals surface area contributed by atoms with E-state index in [1.165, 1.54) is 12.8 Å². The van der Waals surface area contributed by atoms with Gasteiger partial charge in [0, 0.05) is 30.8 Å². The number of hydrogen-bond donors (Lipinski definition) is 2. The second-order valence-electron chi connectivity index (χ2n) is 10.4. The number of anilines is 1. The number of aromatic nitrogens is 4. The molecule has 11 heteroatoms. The van der Waals surface area contributed by atoms with Gasteiger partial charge in [0.1, 0.15) is 12.4 Å². The van der Waals surface area contributed by atoms with Crippen LogP contribution in [-0.4, -0.2) is 60.9 Å². The second kappa shape index (κ2) is 8.19. The van der Waals surface area contributed by atoms with Gasteiger partial charge in [-0.15, -0.1) is 0 Å². The highest BCUT2D eigenvalue weighted by Gasteiger charge is 2.44. The normalized spacial score (nSPS) is 25.3. The molecule has 4 aliphatic rings. The Bertz CT molecular complexity index is 1490. The molecule has 2 saturated carbocycles. The predicted octanol–water partition coefficient (Wildman–Crippen LogP) is 2.17. The number of carbonyl (C=O) groups is 4. The number of benzene rings is 1. The molecule has 2 N–H and O–H groups in total. The van der Waals surface area contributed by atoms with Crippen molar-refractivity contribution >= 4 is 40.3 Å². The van der Waals surface area contributed by atoms with Crippen molar-refractivity contribution in [2.24, 2.45) is 5.92 Å². The Hall–Kier alpha value is -4.15. The van der Waals surface area contributed by atoms with Crippen LogP contribution in [0.5, 0.6) is 0 Å². The van der Waals surface area contributed by atoms with E-state index < -0.39 is 23.8 Å². The van der Waals surface area contributed by atoms with Crippen LogP contribution in [0, 0.1) is 5.92 Å². The van der Waals surface area contributed by atoms with Crippen molar-refractivity contribution in [2.45, 2.75) is 56.5 Å². The first kappa shape index (κ1) is 22.1. The largest absolute Gasteiger partial charge is 0.385 e. The summed E-state index contributed by atoms with van der Waals surface area (Å²) in [4.78, 5) is 59.3. The monoisotopic (exact) mass is 499 g/mol. The number of fused-ring (bicyclic) bond motifs is 2. The molecule has 11 nitrogen and oxygen atoms in total. The van der Waals surface area contributed by atoms with Gasteiger partial charge in [-0.25, -0.2) is 14.6 Å². The summed E-state index contributed by atoms with van der Waals surface area (Å²) in [5.41, 5.74) is 3.35. The lowest BCUT2D eigenvalue weighted by molar-refractivity contribution is -0.136. The van der Waals surface area contributed by atoms with Gasteiger partial charge in [0.05, 0.1) is 28.2 Å². The molecule has 1 atom stereocenters. The predicted molar refractivity (Wildman–Crippen MR) is 131 cm³/mol. The summed E-state index contributed by atoms with van der Waals surface area (Å²) in [5.74, 6) is -1.01. The SMILES string of the molecule is O=C1CCC(N2C(=O)c3ccc(NC[C@H]4C[C@H](n5nc(C6CC6)c6cncnc65)C4)cc3C2=O)C(=O)N1. The standard InChI is InChI=1S/C26H25N7O4/c34-21-6-5-20(24(35)30-21)32-25(36)17-4-3-15(9-18(17)26(32)37)28-10-13-7-16(8-13)33-23-19(11-27-12-29-23)22(31-33)14-1-2-14/h3-4,9,11-14,16,20,28H,1-2,5-8,10H2,(H,30,34,35)/t13-,16-,20?. The quantitative estimate of drug-likeness (QED) is 0.492. The summed E-state index contributed by atoms with van der Waals surface area (Å²) in [5, 5.41) is 11.6. The lowest BCUT2D eigenvalue weighted by Crippen LogP contribution is -2.54. The van der Waals surface area contributed by atoms with Crippen molar-refractivity contribution in [1.82, 2.24) is 30.0 Å². The minimum absolute atomic E-state index is 0.0994. The van der Waals surface area contributed by atoms with Crippen LogP contribution in [0.4, 0.5) is 5.69 Å². The maximum Gasteiger partial charge on any atom is 0.262 e. The number of nitrogens with one attached hydrogen (secondary N) is 2. The molecule has 1 aromatic carbocycles. The van der Waals surface area contributed by atoms with Gasteiger partial charge >= 0.3 is 0 Å². The Balaban J connectivity index is 1.01. The fraction of sp³-hybridized carbons (Fsp3) is 0.423. The molecule has 0 bridgehead atoms. The molecule has 0 spiro atoms. The van der Waals surface area contributed by atoms with E-state index in [9.17, 15) is 19.2 Å². The number of hydrogen-bond acceptors (Lipinski definition) is 8. The number of nitrogens with zero attached hydrogens (tertiary/aromatic N) is 5. The van der Waals surface area contributed by atoms with Gasteiger partial charge in [0.25, 0.3) is 11.8 Å². The fourth-order valence-corrected chi connectivity index (χ4v) is 5.73. The smallest absolute Gasteiger partial charge is 0.262 e. The molecule has 4 amide bonds. The number of amides is 4. The molecule has 0 radical (unpaired) electrons. The molecular formula is C26H25N7O4. The van der Waals surface area contributed by atoms with E-state index in [4.69, 9.17) is 5.10 Å². The van der Waals surface area contributed by atoms with Crippen molar-refractivity contribution in [3.05, 3.63) is 47.5 Å². The van der Waals surface area contributed by atoms with Gasteiger partial charge in [-0.1, -0.05) is 0 Å². The molecule has 2 aliphatic carbocycles. The molecule has 188 valence electrons. The summed E-state index contributed by atoms with van der Waals surface area (Å²) in [6, 6.07) is 4.43. The summed E-state index contributed by atoms with van der Waals surface area (Å²) in [7, 11) is 0. The Morgan fingerprint density at radius 2 is 1.84 bits per heavy atom. The maximum atomic E-state index is 13.0. The third-order valence-corrected chi connectivity index (χ3v) is 7.96. The number of piperidine rings is 1. The lowest BCUT2D eigenvalue weighted by atomic mass is 9.80. The number of imide groups is 2. The first-order chi connectivity index (χ1) is 18.0. The number of carbonyl (C=O) groups excluding carboxylic acids is 4. The van der Waals surface area contributed by atoms with E-state index in [1.54, 1.807) is 24.5 Å². The molecule has 3 fully saturated rings. The van der Waals surface area contributed by atoms with E-state index in [-0.39, 0.29) is 29.9 Å². The third-order valence-electron chi connectivity index (χ3n) is 7.96. The van der Waals surface area contributed by atoms with Crippen molar-refractivity contribution in [2.75, 3.05) is 11.9 Å². The molecule has 1 unspecified atom stereocenters. The Morgan fingerprint density at radius 1 is 1.03 bits per heavy atom. The minimum atomic E-state index is -0.961. The Labute approximate surface area is 211 Å². The molecule has 3 aromatic rings. The summed E-state index contributed by atoms with van der Waals surface area (Å²) >= 11 is 0. The number of rotatable bonds is 6. The van der Waals surface area contributed by atoms with Crippen LogP contribution in [0.2, 0.25) is 0 Å². The van der Waals surface area contributed by atoms with Gasteiger partial charge in [-0.2, -0.15) is 5.10 Å². The van der Waals surface area contributed by atoms with Gasteiger partial charge in [0.15, 0.2) is 5.65 Å². The van der Waals surface area contributed by atoms with E-state index in [2.05, 4.69) is 25.3 Å². The van der Waals surface area contributed by atoms with E-state index in [1.807, 2.05) is 6.20 Å². The first-order valence-electron chi connectivity index (χ1n) is 12.8. The van der Waals surface area contributed by atoms with Crippen molar-refractivity contribution in [3.8, 4) is 0 Å². The minimum Gasteiger partial charge on any atom is -0.385 e. The van der Waals surface area contributed by atoms with E-state index in [0.29, 0.717) is 17.9 Å². The second-order valence-corrected chi connectivity index (χ2v) is 10.4. The Kier molecular flexibility index (Phi) is 4.89. The van der Waals surface area contributed by atoms with Gasteiger partial charge in [-0.3, -0.25) is 29.4 Å². The van der Waals surface area contributed by atoms with Crippen LogP contribution in [-0.2, 0) is 9.59 Å². The molecule has 1 saturated heterocycles. The van der Waals surface area contributed by atoms with Crippen molar-refractivity contribution in [3.63, 3.8) is 0 Å². The molecular weight excluding hydrogens is 474 g/mol. The lowest BCUT2D eigenvalue weighted by Gasteiger charge is -2.35. The van der Waals surface area contributed by atoms with Crippen LogP contribution < -0.4 is 10.6 Å². The van der Waals surface area contributed by atoms with Crippen LogP contribution in [0.15, 0.2) is 30.7 Å². The van der Waals surface area contributed by atoms with Crippen LogP contribution in [0.1, 0.15) is 76.9 Å². The van der Waals surface area contributed by atoms with Crippen molar-refractivity contribution < 1.29 is 19.2 Å². The van der Waals surface area contributed by atoms with Gasteiger partial charge in [0.2, 0.25) is 11.8 Å². The summed E-state index contributed by atoms with van der Waals surface area (Å²) in [6.45, 7) is 0.734. The fourth-order valence-electron chi connectivity index (χ4n) is 5.73. The van der Waals surface area contributed by atoms with E-state index >= 15 is 0 Å². The average molecular weight is 500 g/mol. The zero-order valence-corrected chi connectivity index (χ0v) is 20.0. The molecule has 7 rings (SSSR count). The van der Waals surface area contributed by atoms with Crippen LogP contribution >= 0.6 is 0 Å².